The van der Waals surface area contributed by atoms with E-state index in [1.54, 1.807) is 19.1 Å². The molecule has 1 aromatic rings. The summed E-state index contributed by atoms with van der Waals surface area (Å²) in [6.45, 7) is 1.43. The number of hydrogen-bond donors (Lipinski definition) is 2. The maximum atomic E-state index is 12.0. The average Bonchev–Trinajstić information content (AvgIpc) is 2.36. The quantitative estimate of drug-likeness (QED) is 0.821. The number of nitrogens with one attached hydrogen (secondary N) is 1. The second-order valence-corrected chi connectivity index (χ2v) is 6.64. The molecule has 0 bridgehead atoms. The zero-order valence-corrected chi connectivity index (χ0v) is 12.0. The maximum Gasteiger partial charge on any atom is 0.221 e. The number of benzene rings is 1. The first-order valence-electron chi connectivity index (χ1n) is 5.74. The zero-order chi connectivity index (χ0) is 14.5. The third-order valence-electron chi connectivity index (χ3n) is 2.45. The zero-order valence-electron chi connectivity index (χ0n) is 10.5. The van der Waals surface area contributed by atoms with Crippen molar-refractivity contribution >= 4 is 27.3 Å². The third-order valence-corrected chi connectivity index (χ3v) is 4.66. The third kappa shape index (κ3) is 4.81. The minimum absolute atomic E-state index is 0.0275. The molecule has 19 heavy (non-hydrogen) atoms. The van der Waals surface area contributed by atoms with Gasteiger partial charge in [-0.1, -0.05) is 23.7 Å². The maximum absolute atomic E-state index is 12.0. The van der Waals surface area contributed by atoms with Gasteiger partial charge in [-0.15, -0.1) is 0 Å². The smallest absolute Gasteiger partial charge is 0.221 e. The lowest BCUT2D eigenvalue weighted by molar-refractivity contribution is -0.121. The predicted molar refractivity (Wildman–Crippen MR) is 72.8 cm³/mol. The standard InChI is InChI=1S/C12H16ClNO4S/c1-9(8-15)14-12(16)6-7-19(17,18)11-5-3-2-4-10(11)13/h2-5,9,15H,6-8H2,1H3,(H,14,16). The van der Waals surface area contributed by atoms with Gasteiger partial charge in [0.25, 0.3) is 0 Å². The number of amides is 1. The summed E-state index contributed by atoms with van der Waals surface area (Å²) in [5, 5.41) is 11.4. The van der Waals surface area contributed by atoms with E-state index >= 15 is 0 Å². The molecule has 0 aliphatic rings. The first-order valence-corrected chi connectivity index (χ1v) is 7.77. The number of sulfone groups is 1. The number of halogens is 1. The van der Waals surface area contributed by atoms with Crippen LogP contribution in [0.5, 0.6) is 0 Å². The Morgan fingerprint density at radius 1 is 1.42 bits per heavy atom. The predicted octanol–water partition coefficient (Wildman–Crippen LogP) is 1.00. The molecule has 7 heteroatoms. The number of rotatable bonds is 6. The number of carbonyl (C=O) groups is 1. The molecule has 0 aliphatic heterocycles. The molecule has 0 heterocycles. The highest BCUT2D eigenvalue weighted by molar-refractivity contribution is 7.91. The van der Waals surface area contributed by atoms with E-state index in [-0.39, 0.29) is 28.7 Å². The van der Waals surface area contributed by atoms with Crippen molar-refractivity contribution in [3.8, 4) is 0 Å². The van der Waals surface area contributed by atoms with Crippen LogP contribution in [-0.2, 0) is 14.6 Å². The van der Waals surface area contributed by atoms with Gasteiger partial charge in [0, 0.05) is 12.5 Å². The van der Waals surface area contributed by atoms with E-state index in [0.29, 0.717) is 0 Å². The SMILES string of the molecule is CC(CO)NC(=O)CCS(=O)(=O)c1ccccc1Cl. The molecule has 1 amide bonds. The van der Waals surface area contributed by atoms with E-state index in [9.17, 15) is 13.2 Å². The molecule has 0 aliphatic carbocycles. The number of hydrogen-bond acceptors (Lipinski definition) is 4. The van der Waals surface area contributed by atoms with Crippen LogP contribution in [0, 0.1) is 0 Å². The summed E-state index contributed by atoms with van der Waals surface area (Å²) in [6.07, 6.45) is -0.169. The Bertz CT molecular complexity index is 544. The lowest BCUT2D eigenvalue weighted by atomic mass is 10.3. The number of carbonyl (C=O) groups excluding carboxylic acids is 1. The van der Waals surface area contributed by atoms with Crippen molar-refractivity contribution in [3.05, 3.63) is 29.3 Å². The van der Waals surface area contributed by atoms with Gasteiger partial charge in [-0.2, -0.15) is 0 Å². The van der Waals surface area contributed by atoms with Gasteiger partial charge in [0.2, 0.25) is 5.91 Å². The molecular weight excluding hydrogens is 290 g/mol. The Morgan fingerprint density at radius 2 is 2.05 bits per heavy atom. The van der Waals surface area contributed by atoms with Gasteiger partial charge in [0.15, 0.2) is 9.84 Å². The van der Waals surface area contributed by atoms with Crippen LogP contribution < -0.4 is 5.32 Å². The molecule has 0 radical (unpaired) electrons. The van der Waals surface area contributed by atoms with E-state index in [2.05, 4.69) is 5.32 Å². The van der Waals surface area contributed by atoms with Gasteiger partial charge in [-0.25, -0.2) is 8.42 Å². The topological polar surface area (TPSA) is 83.5 Å². The minimum Gasteiger partial charge on any atom is -0.394 e. The molecule has 0 spiro atoms. The molecule has 1 rings (SSSR count). The highest BCUT2D eigenvalue weighted by atomic mass is 35.5. The Morgan fingerprint density at radius 3 is 2.63 bits per heavy atom. The van der Waals surface area contributed by atoms with Crippen molar-refractivity contribution in [2.24, 2.45) is 0 Å². The van der Waals surface area contributed by atoms with Gasteiger partial charge >= 0.3 is 0 Å². The van der Waals surface area contributed by atoms with E-state index in [0.717, 1.165) is 0 Å². The van der Waals surface area contributed by atoms with Crippen LogP contribution in [0.3, 0.4) is 0 Å². The summed E-state index contributed by atoms with van der Waals surface area (Å²) in [5.41, 5.74) is 0. The van der Waals surface area contributed by atoms with Gasteiger partial charge in [-0.05, 0) is 19.1 Å². The summed E-state index contributed by atoms with van der Waals surface area (Å²) < 4.78 is 24.0. The second-order valence-electron chi connectivity index (χ2n) is 4.15. The molecular formula is C12H16ClNO4S. The van der Waals surface area contributed by atoms with Crippen LogP contribution in [-0.4, -0.2) is 37.8 Å². The highest BCUT2D eigenvalue weighted by Crippen LogP contribution is 2.22. The monoisotopic (exact) mass is 305 g/mol. The molecule has 1 aromatic carbocycles. The molecule has 5 nitrogen and oxygen atoms in total. The van der Waals surface area contributed by atoms with Crippen molar-refractivity contribution in [2.75, 3.05) is 12.4 Å². The largest absolute Gasteiger partial charge is 0.394 e. The molecule has 0 aromatic heterocycles. The van der Waals surface area contributed by atoms with E-state index in [4.69, 9.17) is 16.7 Å². The molecule has 2 N–H and O–H groups in total. The van der Waals surface area contributed by atoms with Crippen LogP contribution in [0.15, 0.2) is 29.2 Å². The molecule has 0 saturated heterocycles. The molecule has 0 fully saturated rings. The molecule has 1 atom stereocenters. The Hall–Kier alpha value is -1.11. The molecule has 1 unspecified atom stereocenters. The van der Waals surface area contributed by atoms with Gasteiger partial charge in [0.05, 0.1) is 22.3 Å². The number of aliphatic hydroxyl groups is 1. The Kier molecular flexibility index (Phi) is 5.78. The van der Waals surface area contributed by atoms with Crippen molar-refractivity contribution in [2.45, 2.75) is 24.3 Å². The number of aliphatic hydroxyl groups excluding tert-OH is 1. The Labute approximate surface area is 117 Å². The lowest BCUT2D eigenvalue weighted by Crippen LogP contribution is -2.35. The summed E-state index contributed by atoms with van der Waals surface area (Å²) >= 11 is 5.82. The first kappa shape index (κ1) is 15.9. The van der Waals surface area contributed by atoms with Crippen LogP contribution in [0.25, 0.3) is 0 Å². The fraction of sp³-hybridized carbons (Fsp3) is 0.417. The molecule has 106 valence electrons. The first-order chi connectivity index (χ1) is 8.86. The van der Waals surface area contributed by atoms with Crippen molar-refractivity contribution < 1.29 is 18.3 Å². The van der Waals surface area contributed by atoms with Gasteiger partial charge in [0.1, 0.15) is 0 Å². The van der Waals surface area contributed by atoms with Crippen LogP contribution in [0.4, 0.5) is 0 Å². The fourth-order valence-electron chi connectivity index (χ4n) is 1.43. The normalized spacial score (nSPS) is 13.0. The summed E-state index contributed by atoms with van der Waals surface area (Å²) in [6, 6.07) is 5.72. The van der Waals surface area contributed by atoms with Crippen LogP contribution in [0.2, 0.25) is 5.02 Å². The van der Waals surface area contributed by atoms with Crippen LogP contribution >= 0.6 is 11.6 Å². The van der Waals surface area contributed by atoms with E-state index in [1.807, 2.05) is 0 Å². The van der Waals surface area contributed by atoms with Crippen LogP contribution in [0.1, 0.15) is 13.3 Å². The van der Waals surface area contributed by atoms with Gasteiger partial charge < -0.3 is 10.4 Å². The summed E-state index contributed by atoms with van der Waals surface area (Å²) in [5.74, 6) is -0.738. The van der Waals surface area contributed by atoms with Crippen molar-refractivity contribution in [1.82, 2.24) is 5.32 Å². The molecule has 0 saturated carbocycles. The summed E-state index contributed by atoms with van der Waals surface area (Å²) in [4.78, 5) is 11.5. The Balaban J connectivity index is 2.67. The van der Waals surface area contributed by atoms with Gasteiger partial charge in [-0.3, -0.25) is 4.79 Å². The van der Waals surface area contributed by atoms with E-state index in [1.165, 1.54) is 12.1 Å². The fourth-order valence-corrected chi connectivity index (χ4v) is 3.24. The lowest BCUT2D eigenvalue weighted by Gasteiger charge is -2.11. The van der Waals surface area contributed by atoms with Crippen molar-refractivity contribution in [3.63, 3.8) is 0 Å². The summed E-state index contributed by atoms with van der Waals surface area (Å²) in [7, 11) is -3.58. The van der Waals surface area contributed by atoms with Crippen molar-refractivity contribution in [1.29, 1.82) is 0 Å². The average molecular weight is 306 g/mol. The second kappa shape index (κ2) is 6.88. The van der Waals surface area contributed by atoms with E-state index < -0.39 is 21.8 Å². The highest BCUT2D eigenvalue weighted by Gasteiger charge is 2.19. The minimum atomic E-state index is -3.58.